The van der Waals surface area contributed by atoms with Crippen LogP contribution in [0.1, 0.15) is 29.9 Å². The van der Waals surface area contributed by atoms with Gasteiger partial charge in [0.15, 0.2) is 0 Å². The standard InChI is InChI=1S/C22H24N4O2/c1-16-6-2-3-9-19(16)22-24-20(28-25-22)12-18-8-5-11-26(15-18)21(27)13-17-7-4-10-23-14-17/h2-4,6-7,9-10,14,18H,5,8,11-13,15H2,1H3/t18-/m1/s1. The lowest BCUT2D eigenvalue weighted by Crippen LogP contribution is -2.41. The highest BCUT2D eigenvalue weighted by Gasteiger charge is 2.25. The van der Waals surface area contributed by atoms with Gasteiger partial charge in [-0.05, 0) is 42.9 Å². The maximum absolute atomic E-state index is 12.6. The Morgan fingerprint density at radius 3 is 2.96 bits per heavy atom. The predicted molar refractivity (Wildman–Crippen MR) is 105 cm³/mol. The lowest BCUT2D eigenvalue weighted by Gasteiger charge is -2.32. The normalized spacial score (nSPS) is 16.9. The molecule has 1 aliphatic rings. The fraction of sp³-hybridized carbons (Fsp3) is 0.364. The monoisotopic (exact) mass is 376 g/mol. The van der Waals surface area contributed by atoms with Crippen LogP contribution >= 0.6 is 0 Å². The molecule has 4 rings (SSSR count). The minimum atomic E-state index is 0.156. The fourth-order valence-corrected chi connectivity index (χ4v) is 3.77. The third-order valence-electron chi connectivity index (χ3n) is 5.27. The number of rotatable bonds is 5. The molecule has 3 heterocycles. The number of hydrogen-bond acceptors (Lipinski definition) is 5. The summed E-state index contributed by atoms with van der Waals surface area (Å²) in [5, 5.41) is 4.15. The molecular weight excluding hydrogens is 352 g/mol. The van der Waals surface area contributed by atoms with E-state index in [1.807, 2.05) is 48.2 Å². The first-order chi connectivity index (χ1) is 13.7. The fourth-order valence-electron chi connectivity index (χ4n) is 3.77. The number of nitrogens with zero attached hydrogens (tertiary/aromatic N) is 4. The molecule has 0 N–H and O–H groups in total. The third kappa shape index (κ3) is 4.27. The van der Waals surface area contributed by atoms with Crippen molar-refractivity contribution in [3.8, 4) is 11.4 Å². The Balaban J connectivity index is 1.38. The molecule has 3 aromatic rings. The number of piperidine rings is 1. The molecule has 0 saturated carbocycles. The Labute approximate surface area is 164 Å². The Morgan fingerprint density at radius 1 is 1.25 bits per heavy atom. The van der Waals surface area contributed by atoms with Crippen LogP contribution in [0.5, 0.6) is 0 Å². The highest BCUT2D eigenvalue weighted by molar-refractivity contribution is 5.78. The van der Waals surface area contributed by atoms with Gasteiger partial charge in [-0.2, -0.15) is 4.98 Å². The summed E-state index contributed by atoms with van der Waals surface area (Å²) in [7, 11) is 0. The minimum absolute atomic E-state index is 0.156. The molecule has 1 amide bonds. The number of carbonyl (C=O) groups is 1. The van der Waals surface area contributed by atoms with Crippen LogP contribution < -0.4 is 0 Å². The predicted octanol–water partition coefficient (Wildman–Crippen LogP) is 3.46. The molecule has 0 unspecified atom stereocenters. The van der Waals surface area contributed by atoms with Crippen molar-refractivity contribution in [1.29, 1.82) is 0 Å². The van der Waals surface area contributed by atoms with Gasteiger partial charge in [0.1, 0.15) is 0 Å². The SMILES string of the molecule is Cc1ccccc1-c1noc(C[C@H]2CCCN(C(=O)Cc3cccnc3)C2)n1. The summed E-state index contributed by atoms with van der Waals surface area (Å²) < 4.78 is 5.50. The minimum Gasteiger partial charge on any atom is -0.342 e. The molecule has 1 aromatic carbocycles. The molecule has 0 radical (unpaired) electrons. The molecule has 0 aliphatic carbocycles. The van der Waals surface area contributed by atoms with Gasteiger partial charge < -0.3 is 9.42 Å². The molecule has 2 aromatic heterocycles. The van der Waals surface area contributed by atoms with Gasteiger partial charge in [-0.3, -0.25) is 9.78 Å². The Hall–Kier alpha value is -3.02. The van der Waals surface area contributed by atoms with E-state index in [0.717, 1.165) is 42.6 Å². The van der Waals surface area contributed by atoms with Crippen LogP contribution in [0.15, 0.2) is 53.3 Å². The second-order valence-corrected chi connectivity index (χ2v) is 7.42. The summed E-state index contributed by atoms with van der Waals surface area (Å²) in [6.07, 6.45) is 6.65. The summed E-state index contributed by atoms with van der Waals surface area (Å²) in [6.45, 7) is 3.59. The van der Waals surface area contributed by atoms with Gasteiger partial charge in [-0.15, -0.1) is 0 Å². The van der Waals surface area contributed by atoms with E-state index in [9.17, 15) is 4.79 Å². The van der Waals surface area contributed by atoms with E-state index in [1.165, 1.54) is 0 Å². The van der Waals surface area contributed by atoms with Crippen molar-refractivity contribution >= 4 is 5.91 Å². The molecule has 0 spiro atoms. The highest BCUT2D eigenvalue weighted by atomic mass is 16.5. The topological polar surface area (TPSA) is 72.1 Å². The molecule has 1 fully saturated rings. The number of benzene rings is 1. The Bertz CT molecular complexity index is 938. The molecule has 6 heteroatoms. The van der Waals surface area contributed by atoms with E-state index in [2.05, 4.69) is 15.1 Å². The van der Waals surface area contributed by atoms with E-state index in [0.29, 0.717) is 30.5 Å². The molecule has 6 nitrogen and oxygen atoms in total. The maximum atomic E-state index is 12.6. The molecule has 0 bridgehead atoms. The smallest absolute Gasteiger partial charge is 0.227 e. The second kappa shape index (κ2) is 8.33. The third-order valence-corrected chi connectivity index (χ3v) is 5.27. The van der Waals surface area contributed by atoms with Crippen LogP contribution in [0, 0.1) is 12.8 Å². The number of amides is 1. The quantitative estimate of drug-likeness (QED) is 0.682. The zero-order valence-electron chi connectivity index (χ0n) is 16.0. The van der Waals surface area contributed by atoms with Crippen molar-refractivity contribution in [2.45, 2.75) is 32.6 Å². The first kappa shape index (κ1) is 18.3. The number of hydrogen-bond donors (Lipinski definition) is 0. The van der Waals surface area contributed by atoms with Crippen molar-refractivity contribution in [3.63, 3.8) is 0 Å². The molecule has 1 atom stereocenters. The van der Waals surface area contributed by atoms with Gasteiger partial charge >= 0.3 is 0 Å². The summed E-state index contributed by atoms with van der Waals surface area (Å²) in [6, 6.07) is 11.8. The van der Waals surface area contributed by atoms with Crippen LogP contribution in [0.2, 0.25) is 0 Å². The molecule has 1 saturated heterocycles. The van der Waals surface area contributed by atoms with Crippen LogP contribution in [0.4, 0.5) is 0 Å². The van der Waals surface area contributed by atoms with Gasteiger partial charge in [0, 0.05) is 37.5 Å². The Morgan fingerprint density at radius 2 is 2.14 bits per heavy atom. The molecular formula is C22H24N4O2. The average molecular weight is 376 g/mol. The van der Waals surface area contributed by atoms with E-state index >= 15 is 0 Å². The summed E-state index contributed by atoms with van der Waals surface area (Å²) in [4.78, 5) is 23.3. The van der Waals surface area contributed by atoms with E-state index < -0.39 is 0 Å². The molecule has 28 heavy (non-hydrogen) atoms. The van der Waals surface area contributed by atoms with Crippen LogP contribution in [0.25, 0.3) is 11.4 Å². The van der Waals surface area contributed by atoms with Crippen LogP contribution in [-0.4, -0.2) is 39.0 Å². The van der Waals surface area contributed by atoms with E-state index in [4.69, 9.17) is 4.52 Å². The van der Waals surface area contributed by atoms with Crippen molar-refractivity contribution < 1.29 is 9.32 Å². The number of likely N-dealkylation sites (tertiary alicyclic amines) is 1. The van der Waals surface area contributed by atoms with Crippen LogP contribution in [0.3, 0.4) is 0 Å². The zero-order valence-corrected chi connectivity index (χ0v) is 16.0. The summed E-state index contributed by atoms with van der Waals surface area (Å²) in [5.41, 5.74) is 3.07. The van der Waals surface area contributed by atoms with Gasteiger partial charge in [-0.25, -0.2) is 0 Å². The van der Waals surface area contributed by atoms with Gasteiger partial charge in [0.25, 0.3) is 0 Å². The van der Waals surface area contributed by atoms with E-state index in [-0.39, 0.29) is 5.91 Å². The van der Waals surface area contributed by atoms with Crippen LogP contribution in [-0.2, 0) is 17.6 Å². The second-order valence-electron chi connectivity index (χ2n) is 7.42. The number of aryl methyl sites for hydroxylation is 1. The number of pyridine rings is 1. The van der Waals surface area contributed by atoms with Gasteiger partial charge in [0.05, 0.1) is 6.42 Å². The summed E-state index contributed by atoms with van der Waals surface area (Å²) in [5.74, 6) is 1.78. The van der Waals surface area contributed by atoms with E-state index in [1.54, 1.807) is 12.4 Å². The maximum Gasteiger partial charge on any atom is 0.227 e. The first-order valence-corrected chi connectivity index (χ1v) is 9.74. The highest BCUT2D eigenvalue weighted by Crippen LogP contribution is 2.24. The van der Waals surface area contributed by atoms with Gasteiger partial charge in [0.2, 0.25) is 17.6 Å². The van der Waals surface area contributed by atoms with Crippen molar-refractivity contribution in [2.75, 3.05) is 13.1 Å². The molecule has 144 valence electrons. The zero-order chi connectivity index (χ0) is 19.3. The lowest BCUT2D eigenvalue weighted by atomic mass is 9.94. The largest absolute Gasteiger partial charge is 0.342 e. The number of carbonyl (C=O) groups excluding carboxylic acids is 1. The first-order valence-electron chi connectivity index (χ1n) is 9.74. The lowest BCUT2D eigenvalue weighted by molar-refractivity contribution is -0.132. The van der Waals surface area contributed by atoms with Crippen molar-refractivity contribution in [1.82, 2.24) is 20.0 Å². The van der Waals surface area contributed by atoms with Gasteiger partial charge in [-0.1, -0.05) is 35.5 Å². The summed E-state index contributed by atoms with van der Waals surface area (Å²) >= 11 is 0. The number of aromatic nitrogens is 3. The average Bonchev–Trinajstić information content (AvgIpc) is 3.17. The Kier molecular flexibility index (Phi) is 5.46. The van der Waals surface area contributed by atoms with Crippen molar-refractivity contribution in [3.05, 3.63) is 65.8 Å². The van der Waals surface area contributed by atoms with Crippen molar-refractivity contribution in [2.24, 2.45) is 5.92 Å². The molecule has 1 aliphatic heterocycles.